The van der Waals surface area contributed by atoms with Crippen LogP contribution in [0.4, 0.5) is 13.2 Å². The zero-order chi connectivity index (χ0) is 10.1. The third-order valence-corrected chi connectivity index (χ3v) is 2.60. The molecule has 2 N–H and O–H groups in total. The lowest BCUT2D eigenvalue weighted by molar-refractivity contribution is -0.182. The minimum Gasteiger partial charge on any atom is -0.427 e. The van der Waals surface area contributed by atoms with Gasteiger partial charge in [-0.15, -0.1) is 0 Å². The highest BCUT2D eigenvalue weighted by atomic mass is 19.4. The van der Waals surface area contributed by atoms with Crippen LogP contribution in [0.3, 0.4) is 0 Å². The lowest BCUT2D eigenvalue weighted by Gasteiger charge is -2.29. The molecule has 0 aromatic heterocycles. The monoisotopic (exact) mass is 196 g/mol. The highest BCUT2D eigenvalue weighted by Gasteiger charge is 2.44. The molecule has 2 unspecified atom stereocenters. The average Bonchev–Trinajstić information content (AvgIpc) is 2.03. The van der Waals surface area contributed by atoms with Crippen LogP contribution in [0.2, 0.25) is 5.82 Å². The van der Waals surface area contributed by atoms with Crippen molar-refractivity contribution in [2.24, 2.45) is 5.92 Å². The first-order valence-corrected chi connectivity index (χ1v) is 4.34. The summed E-state index contributed by atoms with van der Waals surface area (Å²) in [5.74, 6) is -1.96. The van der Waals surface area contributed by atoms with Crippen LogP contribution in [-0.2, 0) is 0 Å². The van der Waals surface area contributed by atoms with Gasteiger partial charge in [0, 0.05) is 0 Å². The molecule has 6 heteroatoms. The van der Waals surface area contributed by atoms with Gasteiger partial charge in [-0.1, -0.05) is 12.8 Å². The second-order valence-corrected chi connectivity index (χ2v) is 3.58. The maximum Gasteiger partial charge on any atom is 0.454 e. The summed E-state index contributed by atoms with van der Waals surface area (Å²) in [6.07, 6.45) is -3.32. The van der Waals surface area contributed by atoms with E-state index < -0.39 is 25.0 Å². The minimum atomic E-state index is -4.19. The van der Waals surface area contributed by atoms with Crippen molar-refractivity contribution in [1.29, 1.82) is 0 Å². The third kappa shape index (κ3) is 2.88. The van der Waals surface area contributed by atoms with E-state index in [2.05, 4.69) is 0 Å². The zero-order valence-corrected chi connectivity index (χ0v) is 7.09. The molecule has 0 bridgehead atoms. The second kappa shape index (κ2) is 3.88. The highest BCUT2D eigenvalue weighted by molar-refractivity contribution is 6.43. The van der Waals surface area contributed by atoms with Crippen LogP contribution in [0, 0.1) is 5.92 Å². The Morgan fingerprint density at radius 2 is 1.77 bits per heavy atom. The Bertz CT molecular complexity index is 172. The normalized spacial score (nSPS) is 30.2. The summed E-state index contributed by atoms with van der Waals surface area (Å²) >= 11 is 0. The van der Waals surface area contributed by atoms with Gasteiger partial charge < -0.3 is 10.0 Å². The van der Waals surface area contributed by atoms with Gasteiger partial charge in [-0.3, -0.25) is 0 Å². The molecule has 0 saturated heterocycles. The van der Waals surface area contributed by atoms with E-state index in [9.17, 15) is 13.2 Å². The van der Waals surface area contributed by atoms with Crippen LogP contribution in [0.25, 0.3) is 0 Å². The molecule has 1 aliphatic carbocycles. The molecule has 1 saturated carbocycles. The van der Waals surface area contributed by atoms with Crippen LogP contribution in [0.5, 0.6) is 0 Å². The van der Waals surface area contributed by atoms with Gasteiger partial charge in [0.25, 0.3) is 0 Å². The van der Waals surface area contributed by atoms with Crippen molar-refractivity contribution in [1.82, 2.24) is 0 Å². The van der Waals surface area contributed by atoms with Crippen LogP contribution in [0.1, 0.15) is 25.7 Å². The summed E-state index contributed by atoms with van der Waals surface area (Å²) in [5, 5.41) is 17.5. The van der Waals surface area contributed by atoms with Crippen LogP contribution >= 0.6 is 0 Å². The van der Waals surface area contributed by atoms with Crippen molar-refractivity contribution < 1.29 is 23.2 Å². The Labute approximate surface area is 74.9 Å². The maximum atomic E-state index is 12.2. The van der Waals surface area contributed by atoms with Crippen molar-refractivity contribution in [3.05, 3.63) is 0 Å². The lowest BCUT2D eigenvalue weighted by Crippen LogP contribution is -2.32. The lowest BCUT2D eigenvalue weighted by atomic mass is 9.62. The first-order chi connectivity index (χ1) is 5.91. The fourth-order valence-corrected chi connectivity index (χ4v) is 1.80. The largest absolute Gasteiger partial charge is 0.454 e. The molecule has 0 heterocycles. The SMILES string of the molecule is OB(O)C1CCCC(C(F)(F)F)C1. The fraction of sp³-hybridized carbons (Fsp3) is 1.00. The van der Waals surface area contributed by atoms with Crippen molar-refractivity contribution in [3.8, 4) is 0 Å². The van der Waals surface area contributed by atoms with E-state index in [1.807, 2.05) is 0 Å². The Morgan fingerprint density at radius 1 is 1.15 bits per heavy atom. The van der Waals surface area contributed by atoms with Gasteiger partial charge in [-0.25, -0.2) is 0 Å². The van der Waals surface area contributed by atoms with E-state index in [0.717, 1.165) is 0 Å². The van der Waals surface area contributed by atoms with Gasteiger partial charge >= 0.3 is 13.3 Å². The predicted octanol–water partition coefficient (Wildman–Crippen LogP) is 1.58. The number of halogens is 3. The van der Waals surface area contributed by atoms with Gasteiger partial charge in [-0.2, -0.15) is 13.2 Å². The van der Waals surface area contributed by atoms with E-state index in [4.69, 9.17) is 10.0 Å². The summed E-state index contributed by atoms with van der Waals surface area (Å²) in [4.78, 5) is 0. The Kier molecular flexibility index (Phi) is 3.24. The molecule has 76 valence electrons. The minimum absolute atomic E-state index is 0.118. The summed E-state index contributed by atoms with van der Waals surface area (Å²) < 4.78 is 36.6. The van der Waals surface area contributed by atoms with Gasteiger partial charge in [0.1, 0.15) is 0 Å². The molecule has 0 spiro atoms. The van der Waals surface area contributed by atoms with E-state index in [-0.39, 0.29) is 12.8 Å². The number of hydrogen-bond acceptors (Lipinski definition) is 2. The third-order valence-electron chi connectivity index (χ3n) is 2.60. The first-order valence-electron chi connectivity index (χ1n) is 4.34. The van der Waals surface area contributed by atoms with Crippen molar-refractivity contribution in [2.45, 2.75) is 37.7 Å². The summed E-state index contributed by atoms with van der Waals surface area (Å²) in [6.45, 7) is 0. The van der Waals surface area contributed by atoms with E-state index >= 15 is 0 Å². The molecule has 1 aliphatic rings. The summed E-state index contributed by atoms with van der Waals surface area (Å²) in [6, 6.07) is 0. The van der Waals surface area contributed by atoms with Gasteiger partial charge in [0.05, 0.1) is 5.92 Å². The summed E-state index contributed by atoms with van der Waals surface area (Å²) in [5.41, 5.74) is 0. The van der Waals surface area contributed by atoms with Crippen molar-refractivity contribution in [3.63, 3.8) is 0 Å². The van der Waals surface area contributed by atoms with E-state index in [0.29, 0.717) is 12.8 Å². The van der Waals surface area contributed by atoms with Gasteiger partial charge in [-0.05, 0) is 18.7 Å². The Hall–Kier alpha value is -0.225. The average molecular weight is 196 g/mol. The van der Waals surface area contributed by atoms with Crippen LogP contribution in [0.15, 0.2) is 0 Å². The molecular formula is C7H12BF3O2. The van der Waals surface area contributed by atoms with Crippen molar-refractivity contribution in [2.75, 3.05) is 0 Å². The number of rotatable bonds is 1. The smallest absolute Gasteiger partial charge is 0.427 e. The van der Waals surface area contributed by atoms with E-state index in [1.54, 1.807) is 0 Å². The quantitative estimate of drug-likeness (QED) is 0.625. The molecule has 2 atom stereocenters. The molecule has 0 aromatic carbocycles. The fourth-order valence-electron chi connectivity index (χ4n) is 1.80. The Morgan fingerprint density at radius 3 is 2.23 bits per heavy atom. The zero-order valence-electron chi connectivity index (χ0n) is 7.09. The predicted molar refractivity (Wildman–Crippen MR) is 42.0 cm³/mol. The summed E-state index contributed by atoms with van der Waals surface area (Å²) in [7, 11) is -1.61. The molecule has 0 radical (unpaired) electrons. The molecular weight excluding hydrogens is 184 g/mol. The van der Waals surface area contributed by atoms with Crippen molar-refractivity contribution >= 4 is 7.12 Å². The molecule has 0 aliphatic heterocycles. The molecule has 13 heavy (non-hydrogen) atoms. The number of alkyl halides is 3. The topological polar surface area (TPSA) is 40.5 Å². The van der Waals surface area contributed by atoms with Crippen LogP contribution in [-0.4, -0.2) is 23.3 Å². The standard InChI is InChI=1S/C7H12BF3O2/c9-7(10,11)5-2-1-3-6(4-5)8(12)13/h5-6,12-13H,1-4H2. The van der Waals surface area contributed by atoms with Crippen LogP contribution < -0.4 is 0 Å². The maximum absolute atomic E-state index is 12.2. The molecule has 2 nitrogen and oxygen atoms in total. The Balaban J connectivity index is 2.52. The van der Waals surface area contributed by atoms with Gasteiger partial charge in [0.2, 0.25) is 0 Å². The highest BCUT2D eigenvalue weighted by Crippen LogP contribution is 2.42. The number of hydrogen-bond donors (Lipinski definition) is 2. The second-order valence-electron chi connectivity index (χ2n) is 3.58. The molecule has 1 rings (SSSR count). The van der Waals surface area contributed by atoms with E-state index in [1.165, 1.54) is 0 Å². The first kappa shape index (κ1) is 10.9. The molecule has 0 aromatic rings. The molecule has 1 fully saturated rings. The molecule has 0 amide bonds. The van der Waals surface area contributed by atoms with Gasteiger partial charge in [0.15, 0.2) is 0 Å².